The van der Waals surface area contributed by atoms with E-state index in [9.17, 15) is 4.79 Å². The highest BCUT2D eigenvalue weighted by atomic mass is 79.9. The number of halogens is 1. The minimum Gasteiger partial charge on any atom is -0.394 e. The van der Waals surface area contributed by atoms with E-state index in [1.807, 2.05) is 13.0 Å². The summed E-state index contributed by atoms with van der Waals surface area (Å²) in [4.78, 5) is 11.8. The highest BCUT2D eigenvalue weighted by Gasteiger charge is 2.10. The van der Waals surface area contributed by atoms with Crippen LogP contribution in [0.1, 0.15) is 23.7 Å². The molecule has 0 fully saturated rings. The zero-order chi connectivity index (χ0) is 13.5. The number of aliphatic hydroxyl groups is 1. The monoisotopic (exact) mass is 330 g/mol. The molecule has 0 aliphatic heterocycles. The van der Waals surface area contributed by atoms with Crippen LogP contribution in [0.3, 0.4) is 0 Å². The molecule has 98 valence electrons. The first-order valence-electron chi connectivity index (χ1n) is 5.55. The number of carbonyl (C=O) groups excluding carboxylic acids is 1. The highest BCUT2D eigenvalue weighted by molar-refractivity contribution is 9.10. The summed E-state index contributed by atoms with van der Waals surface area (Å²) < 4.78 is 0.829. The molecule has 1 amide bonds. The first-order chi connectivity index (χ1) is 8.56. The van der Waals surface area contributed by atoms with E-state index in [-0.39, 0.29) is 23.7 Å². The summed E-state index contributed by atoms with van der Waals surface area (Å²) in [6, 6.07) is 6.89. The molecule has 0 saturated carbocycles. The van der Waals surface area contributed by atoms with Gasteiger partial charge in [0, 0.05) is 10.0 Å². The third-order valence-electron chi connectivity index (χ3n) is 2.36. The van der Waals surface area contributed by atoms with Gasteiger partial charge in [0.15, 0.2) is 5.11 Å². The van der Waals surface area contributed by atoms with Gasteiger partial charge in [-0.25, -0.2) is 0 Å². The van der Waals surface area contributed by atoms with Crippen LogP contribution in [0, 0.1) is 0 Å². The molecule has 4 nitrogen and oxygen atoms in total. The molecule has 1 aromatic carbocycles. The van der Waals surface area contributed by atoms with Crippen LogP contribution < -0.4 is 10.6 Å². The van der Waals surface area contributed by atoms with Crippen LogP contribution in [0.4, 0.5) is 0 Å². The SMILES string of the molecule is CCC(CO)NC(=S)NC(=O)c1cccc(Br)c1. The van der Waals surface area contributed by atoms with Crippen LogP contribution in [0.15, 0.2) is 28.7 Å². The van der Waals surface area contributed by atoms with E-state index in [1.165, 1.54) is 0 Å². The van der Waals surface area contributed by atoms with Crippen molar-refractivity contribution in [3.8, 4) is 0 Å². The molecule has 1 aromatic rings. The van der Waals surface area contributed by atoms with E-state index >= 15 is 0 Å². The fourth-order valence-corrected chi connectivity index (χ4v) is 1.96. The van der Waals surface area contributed by atoms with Crippen molar-refractivity contribution in [2.75, 3.05) is 6.61 Å². The quantitative estimate of drug-likeness (QED) is 0.737. The average Bonchev–Trinajstić information content (AvgIpc) is 2.35. The Hall–Kier alpha value is -0.980. The maximum atomic E-state index is 11.8. The second-order valence-electron chi connectivity index (χ2n) is 3.73. The predicted octanol–water partition coefficient (Wildman–Crippen LogP) is 1.82. The number of aliphatic hydroxyl groups excluding tert-OH is 1. The Morgan fingerprint density at radius 1 is 1.56 bits per heavy atom. The van der Waals surface area contributed by atoms with Gasteiger partial charge in [0.1, 0.15) is 0 Å². The lowest BCUT2D eigenvalue weighted by Crippen LogP contribution is -2.45. The van der Waals surface area contributed by atoms with Gasteiger partial charge in [0.2, 0.25) is 0 Å². The van der Waals surface area contributed by atoms with Gasteiger partial charge in [0.05, 0.1) is 12.6 Å². The van der Waals surface area contributed by atoms with Crippen molar-refractivity contribution in [3.63, 3.8) is 0 Å². The molecule has 0 aromatic heterocycles. The van der Waals surface area contributed by atoms with E-state index in [4.69, 9.17) is 17.3 Å². The minimum atomic E-state index is -0.276. The molecular weight excluding hydrogens is 316 g/mol. The van der Waals surface area contributed by atoms with Crippen LogP contribution in [0.5, 0.6) is 0 Å². The Labute approximate surface area is 120 Å². The molecule has 0 spiro atoms. The maximum Gasteiger partial charge on any atom is 0.257 e. The number of amides is 1. The number of hydrogen-bond acceptors (Lipinski definition) is 3. The van der Waals surface area contributed by atoms with Gasteiger partial charge in [-0.3, -0.25) is 10.1 Å². The molecule has 1 rings (SSSR count). The molecule has 18 heavy (non-hydrogen) atoms. The fourth-order valence-electron chi connectivity index (χ4n) is 1.30. The Morgan fingerprint density at radius 2 is 2.28 bits per heavy atom. The molecule has 1 unspecified atom stereocenters. The van der Waals surface area contributed by atoms with E-state index in [2.05, 4.69) is 26.6 Å². The first kappa shape index (κ1) is 15.1. The highest BCUT2D eigenvalue weighted by Crippen LogP contribution is 2.11. The molecule has 0 saturated heterocycles. The summed E-state index contributed by atoms with van der Waals surface area (Å²) >= 11 is 8.30. The van der Waals surface area contributed by atoms with Gasteiger partial charge in [-0.05, 0) is 36.8 Å². The molecule has 3 N–H and O–H groups in total. The summed E-state index contributed by atoms with van der Waals surface area (Å²) in [7, 11) is 0. The molecule has 0 aliphatic rings. The Balaban J connectivity index is 2.57. The molecule has 0 bridgehead atoms. The van der Waals surface area contributed by atoms with Crippen molar-refractivity contribution in [2.24, 2.45) is 0 Å². The van der Waals surface area contributed by atoms with Crippen molar-refractivity contribution >= 4 is 39.2 Å². The predicted molar refractivity (Wildman–Crippen MR) is 78.5 cm³/mol. The van der Waals surface area contributed by atoms with Crippen molar-refractivity contribution in [1.29, 1.82) is 0 Å². The lowest BCUT2D eigenvalue weighted by atomic mass is 10.2. The van der Waals surface area contributed by atoms with Gasteiger partial charge in [-0.15, -0.1) is 0 Å². The molecule has 6 heteroatoms. The zero-order valence-corrected chi connectivity index (χ0v) is 12.3. The second-order valence-corrected chi connectivity index (χ2v) is 5.05. The fraction of sp³-hybridized carbons (Fsp3) is 0.333. The van der Waals surface area contributed by atoms with Crippen LogP contribution >= 0.6 is 28.1 Å². The van der Waals surface area contributed by atoms with Crippen molar-refractivity contribution in [1.82, 2.24) is 10.6 Å². The van der Waals surface area contributed by atoms with E-state index < -0.39 is 0 Å². The Kier molecular flexibility index (Phi) is 6.24. The first-order valence-corrected chi connectivity index (χ1v) is 6.75. The van der Waals surface area contributed by atoms with Gasteiger partial charge in [-0.2, -0.15) is 0 Å². The second kappa shape index (κ2) is 7.45. The Morgan fingerprint density at radius 3 is 2.83 bits per heavy atom. The standard InChI is InChI=1S/C12H15BrN2O2S/c1-2-10(7-16)14-12(18)15-11(17)8-4-3-5-9(13)6-8/h3-6,10,16H,2,7H2,1H3,(H2,14,15,17,18). The largest absolute Gasteiger partial charge is 0.394 e. The maximum absolute atomic E-state index is 11.8. The third-order valence-corrected chi connectivity index (χ3v) is 3.08. The van der Waals surface area contributed by atoms with Gasteiger partial charge in [-0.1, -0.05) is 28.9 Å². The van der Waals surface area contributed by atoms with Crippen LogP contribution in [-0.4, -0.2) is 28.8 Å². The van der Waals surface area contributed by atoms with Crippen LogP contribution in [-0.2, 0) is 0 Å². The molecule has 0 aliphatic carbocycles. The molecule has 0 heterocycles. The van der Waals surface area contributed by atoms with Crippen molar-refractivity contribution < 1.29 is 9.90 Å². The van der Waals surface area contributed by atoms with Crippen molar-refractivity contribution in [3.05, 3.63) is 34.3 Å². The summed E-state index contributed by atoms with van der Waals surface area (Å²) in [5.74, 6) is -0.276. The summed E-state index contributed by atoms with van der Waals surface area (Å²) in [5, 5.41) is 14.7. The summed E-state index contributed by atoms with van der Waals surface area (Å²) in [5.41, 5.74) is 0.519. The smallest absolute Gasteiger partial charge is 0.257 e. The number of carbonyl (C=O) groups is 1. The van der Waals surface area contributed by atoms with Gasteiger partial charge < -0.3 is 10.4 Å². The zero-order valence-electron chi connectivity index (χ0n) is 9.94. The lowest BCUT2D eigenvalue weighted by molar-refractivity contribution is 0.0976. The van der Waals surface area contributed by atoms with Gasteiger partial charge in [0.25, 0.3) is 5.91 Å². The van der Waals surface area contributed by atoms with Crippen LogP contribution in [0.25, 0.3) is 0 Å². The van der Waals surface area contributed by atoms with Gasteiger partial charge >= 0.3 is 0 Å². The van der Waals surface area contributed by atoms with E-state index in [0.717, 1.165) is 10.9 Å². The topological polar surface area (TPSA) is 61.4 Å². The Bertz CT molecular complexity index is 436. The summed E-state index contributed by atoms with van der Waals surface area (Å²) in [6.45, 7) is 1.90. The summed E-state index contributed by atoms with van der Waals surface area (Å²) in [6.07, 6.45) is 0.726. The van der Waals surface area contributed by atoms with Crippen molar-refractivity contribution in [2.45, 2.75) is 19.4 Å². The number of rotatable bonds is 4. The normalized spacial score (nSPS) is 11.7. The molecule has 1 atom stereocenters. The number of hydrogen-bond donors (Lipinski definition) is 3. The van der Waals surface area contributed by atoms with E-state index in [1.54, 1.807) is 18.2 Å². The van der Waals surface area contributed by atoms with Crippen LogP contribution in [0.2, 0.25) is 0 Å². The van der Waals surface area contributed by atoms with E-state index in [0.29, 0.717) is 5.56 Å². The number of benzene rings is 1. The average molecular weight is 331 g/mol. The molecular formula is C12H15BrN2O2S. The molecule has 0 radical (unpaired) electrons. The minimum absolute atomic E-state index is 0.0244. The number of thiocarbonyl (C=S) groups is 1. The third kappa shape index (κ3) is 4.72. The number of nitrogens with one attached hydrogen (secondary N) is 2. The lowest BCUT2D eigenvalue weighted by Gasteiger charge is -2.16.